The van der Waals surface area contributed by atoms with Crippen molar-refractivity contribution in [2.75, 3.05) is 9.80 Å². The monoisotopic (exact) mass is 902 g/mol. The highest BCUT2D eigenvalue weighted by Crippen LogP contribution is 2.64. The fraction of sp³-hybridized carbons (Fsp3) is 0.0625. The number of nitrogens with zero attached hydrogens (tertiary/aromatic N) is 2. The van der Waals surface area contributed by atoms with Gasteiger partial charge < -0.3 is 9.80 Å². The molecular formula is C64H51B5N2. The third-order valence-corrected chi connectivity index (χ3v) is 16.8. The summed E-state index contributed by atoms with van der Waals surface area (Å²) >= 11 is 0. The Morgan fingerprint density at radius 2 is 0.634 bits per heavy atom. The topological polar surface area (TPSA) is 6.48 Å². The molecule has 7 heteroatoms. The Balaban J connectivity index is 1.09. The molecule has 1 atom stereocenters. The summed E-state index contributed by atoms with van der Waals surface area (Å²) in [5.41, 5.74) is 31.1. The average Bonchev–Trinajstić information content (AvgIpc) is 3.97. The first-order valence-corrected chi connectivity index (χ1v) is 25.2. The molecule has 0 N–H and O–H groups in total. The van der Waals surface area contributed by atoms with E-state index in [4.69, 9.17) is 0 Å². The molecule has 332 valence electrons. The van der Waals surface area contributed by atoms with E-state index in [9.17, 15) is 0 Å². The number of fused-ring (bicyclic) bond motifs is 13. The molecule has 0 amide bonds. The van der Waals surface area contributed by atoms with Gasteiger partial charge in [0, 0.05) is 39.4 Å². The summed E-state index contributed by atoms with van der Waals surface area (Å²) in [4.78, 5) is 4.97. The molecule has 0 heterocycles. The predicted molar refractivity (Wildman–Crippen MR) is 316 cm³/mol. The molecule has 3 aliphatic rings. The Kier molecular flexibility index (Phi) is 9.78. The summed E-state index contributed by atoms with van der Waals surface area (Å²) in [6.45, 7) is 4.78. The first kappa shape index (κ1) is 43.2. The van der Waals surface area contributed by atoms with Gasteiger partial charge in [-0.2, -0.15) is 0 Å². The van der Waals surface area contributed by atoms with Gasteiger partial charge in [-0.25, -0.2) is 0 Å². The van der Waals surface area contributed by atoms with Crippen molar-refractivity contribution in [1.29, 1.82) is 0 Å². The normalized spacial score (nSPS) is 15.1. The number of hydrogen-bond acceptors (Lipinski definition) is 2. The number of rotatable bonds is 7. The van der Waals surface area contributed by atoms with Gasteiger partial charge in [-0.15, -0.1) is 16.4 Å². The van der Waals surface area contributed by atoms with Crippen LogP contribution in [0, 0.1) is 0 Å². The predicted octanol–water partition coefficient (Wildman–Crippen LogP) is 8.24. The molecule has 0 radical (unpaired) electrons. The van der Waals surface area contributed by atoms with E-state index in [0.717, 1.165) is 34.1 Å². The Labute approximate surface area is 423 Å². The van der Waals surface area contributed by atoms with Gasteiger partial charge in [0.05, 0.1) is 11.1 Å². The largest absolute Gasteiger partial charge is 0.310 e. The van der Waals surface area contributed by atoms with Crippen LogP contribution in [0.2, 0.25) is 0 Å². The van der Waals surface area contributed by atoms with Crippen molar-refractivity contribution in [1.82, 2.24) is 0 Å². The third kappa shape index (κ3) is 6.15. The fourth-order valence-electron chi connectivity index (χ4n) is 13.0. The zero-order valence-electron chi connectivity index (χ0n) is 41.6. The third-order valence-electron chi connectivity index (χ3n) is 16.8. The zero-order valence-corrected chi connectivity index (χ0v) is 41.6. The molecular weight excluding hydrogens is 851 g/mol. The van der Waals surface area contributed by atoms with Crippen LogP contribution in [-0.2, 0) is 10.8 Å². The van der Waals surface area contributed by atoms with Crippen LogP contribution in [0.1, 0.15) is 47.2 Å². The van der Waals surface area contributed by atoms with Crippen LogP contribution < -0.4 is 37.1 Å². The summed E-state index contributed by atoms with van der Waals surface area (Å²) in [6, 6.07) is 79.8. The molecule has 0 aliphatic heterocycles. The van der Waals surface area contributed by atoms with E-state index < -0.39 is 5.41 Å². The number of anilines is 6. The highest BCUT2D eigenvalue weighted by molar-refractivity contribution is 6.68. The molecule has 1 spiro atoms. The molecule has 0 saturated carbocycles. The highest BCUT2D eigenvalue weighted by Gasteiger charge is 2.52. The maximum atomic E-state index is 2.57. The Morgan fingerprint density at radius 3 is 1.14 bits per heavy atom. The van der Waals surface area contributed by atoms with Crippen LogP contribution in [0.25, 0.3) is 44.5 Å². The van der Waals surface area contributed by atoms with Crippen molar-refractivity contribution < 1.29 is 0 Å². The molecule has 13 rings (SSSR count). The summed E-state index contributed by atoms with van der Waals surface area (Å²) in [5.74, 6) is 0. The van der Waals surface area contributed by atoms with Gasteiger partial charge in [-0.05, 0) is 139 Å². The SMILES string of the molecule is Bc1c(B)c(B)c(-c2ccccc2N(c2ccc3c(c2)C(C)(C)c2ccccc2-3)c2ccc3c(c2)C2(c4ccccc4-c4ccc(N(c5ccccc5)c5ccccc5)cc42)c2ccccc2-3)c(B)c1B. The zero-order chi connectivity index (χ0) is 48.3. The molecule has 0 fully saturated rings. The van der Waals surface area contributed by atoms with E-state index >= 15 is 0 Å². The second-order valence-electron chi connectivity index (χ2n) is 20.6. The molecule has 0 bridgehead atoms. The second-order valence-corrected chi connectivity index (χ2v) is 20.6. The van der Waals surface area contributed by atoms with Crippen molar-refractivity contribution in [3.63, 3.8) is 0 Å². The van der Waals surface area contributed by atoms with Gasteiger partial charge in [-0.1, -0.05) is 170 Å². The minimum Gasteiger partial charge on any atom is -0.310 e. The smallest absolute Gasteiger partial charge is 0.139 e. The van der Waals surface area contributed by atoms with E-state index in [1.807, 2.05) is 0 Å². The van der Waals surface area contributed by atoms with Crippen LogP contribution in [0.5, 0.6) is 0 Å². The van der Waals surface area contributed by atoms with E-state index in [2.05, 4.69) is 275 Å². The summed E-state index contributed by atoms with van der Waals surface area (Å²) in [7, 11) is 11.5. The lowest BCUT2D eigenvalue weighted by Crippen LogP contribution is -2.55. The molecule has 2 nitrogen and oxygen atoms in total. The molecule has 0 saturated heterocycles. The van der Waals surface area contributed by atoms with Crippen LogP contribution in [-0.4, -0.2) is 39.2 Å². The van der Waals surface area contributed by atoms with Gasteiger partial charge >= 0.3 is 0 Å². The van der Waals surface area contributed by atoms with E-state index in [-0.39, 0.29) is 5.41 Å². The number of para-hydroxylation sites is 3. The minimum atomic E-state index is -0.589. The lowest BCUT2D eigenvalue weighted by atomic mass is 9.59. The van der Waals surface area contributed by atoms with Gasteiger partial charge in [0.25, 0.3) is 0 Å². The molecule has 10 aromatic carbocycles. The Bertz CT molecular complexity index is 3750. The standard InChI is InChI=1S/C64H51B5N2/c1-63(2)50-25-13-9-21-43(50)46-32-30-41(35-53(46)63)71(56-28-16-12-24-49(56)57-58(65)60(67)62(69)61(68)59(57)66)42-31-34-48-45-23-11-15-27-52(45)64(55(48)37-42)51-26-14-10-22-44(51)47-33-29-40(36-54(47)64)70(38-17-5-3-6-18-38)39-19-7-4-8-20-39/h3-37H,65-69H2,1-2H3. The minimum absolute atomic E-state index is 0.169. The number of benzene rings is 10. The van der Waals surface area contributed by atoms with Crippen LogP contribution in [0.15, 0.2) is 212 Å². The van der Waals surface area contributed by atoms with E-state index in [1.165, 1.54) is 105 Å². The van der Waals surface area contributed by atoms with Crippen molar-refractivity contribution in [3.05, 3.63) is 246 Å². The summed E-state index contributed by atoms with van der Waals surface area (Å²) in [5, 5.41) is 0. The molecule has 1 unspecified atom stereocenters. The van der Waals surface area contributed by atoms with Gasteiger partial charge in [0.15, 0.2) is 0 Å². The number of hydrogen-bond donors (Lipinski definition) is 0. The summed E-state index contributed by atoms with van der Waals surface area (Å²) in [6.07, 6.45) is 0. The molecule has 3 aliphatic carbocycles. The van der Waals surface area contributed by atoms with Crippen LogP contribution >= 0.6 is 0 Å². The maximum Gasteiger partial charge on any atom is 0.139 e. The lowest BCUT2D eigenvalue weighted by molar-refractivity contribution is 0.660. The Hall–Kier alpha value is -7.88. The highest BCUT2D eigenvalue weighted by atomic mass is 15.1. The second kappa shape index (κ2) is 16.1. The van der Waals surface area contributed by atoms with Gasteiger partial charge in [0.2, 0.25) is 0 Å². The van der Waals surface area contributed by atoms with Crippen molar-refractivity contribution in [3.8, 4) is 44.5 Å². The van der Waals surface area contributed by atoms with Crippen LogP contribution in [0.3, 0.4) is 0 Å². The van der Waals surface area contributed by atoms with Gasteiger partial charge in [-0.3, -0.25) is 0 Å². The van der Waals surface area contributed by atoms with E-state index in [1.54, 1.807) is 0 Å². The fourth-order valence-corrected chi connectivity index (χ4v) is 13.0. The van der Waals surface area contributed by atoms with E-state index in [0.29, 0.717) is 0 Å². The Morgan fingerprint density at radius 1 is 0.282 bits per heavy atom. The quantitative estimate of drug-likeness (QED) is 0.149. The van der Waals surface area contributed by atoms with Crippen molar-refractivity contribution in [2.24, 2.45) is 0 Å². The lowest BCUT2D eigenvalue weighted by Gasteiger charge is -2.34. The van der Waals surface area contributed by atoms with Crippen molar-refractivity contribution in [2.45, 2.75) is 24.7 Å². The van der Waals surface area contributed by atoms with Crippen LogP contribution in [0.4, 0.5) is 34.1 Å². The summed E-state index contributed by atoms with van der Waals surface area (Å²) < 4.78 is 0. The first-order chi connectivity index (χ1) is 34.6. The maximum absolute atomic E-state index is 2.57. The molecule has 0 aromatic heterocycles. The molecule has 71 heavy (non-hydrogen) atoms. The van der Waals surface area contributed by atoms with Crippen molar-refractivity contribution >= 4 is 101 Å². The molecule has 10 aromatic rings. The first-order valence-electron chi connectivity index (χ1n) is 25.2. The van der Waals surface area contributed by atoms with Gasteiger partial charge in [0.1, 0.15) is 39.2 Å². The average molecular weight is 902 g/mol.